The van der Waals surface area contributed by atoms with E-state index in [1.54, 1.807) is 36.8 Å². The molecule has 0 atom stereocenters. The van der Waals surface area contributed by atoms with Crippen LogP contribution in [-0.4, -0.2) is 44.1 Å². The van der Waals surface area contributed by atoms with Gasteiger partial charge in [0.15, 0.2) is 5.13 Å². The SMILES string of the molecule is COC(=O)c1ccc(Oc2cnc(Nc3ncnc4c3CN(SC(C)C)CC4)s2)cc1. The molecule has 0 amide bonds. The second-order valence-corrected chi connectivity index (χ2v) is 9.81. The van der Waals surface area contributed by atoms with E-state index in [9.17, 15) is 4.79 Å². The van der Waals surface area contributed by atoms with Gasteiger partial charge in [-0.1, -0.05) is 37.1 Å². The average molecular weight is 458 g/mol. The molecule has 0 aliphatic carbocycles. The van der Waals surface area contributed by atoms with Gasteiger partial charge in [0.25, 0.3) is 0 Å². The molecule has 10 heteroatoms. The summed E-state index contributed by atoms with van der Waals surface area (Å²) in [4.78, 5) is 24.9. The number of hydrogen-bond donors (Lipinski definition) is 1. The molecule has 0 spiro atoms. The number of ether oxygens (including phenoxy) is 2. The van der Waals surface area contributed by atoms with Crippen molar-refractivity contribution in [2.24, 2.45) is 0 Å². The van der Waals surface area contributed by atoms with Crippen LogP contribution in [0.5, 0.6) is 10.8 Å². The summed E-state index contributed by atoms with van der Waals surface area (Å²) >= 11 is 3.24. The van der Waals surface area contributed by atoms with Gasteiger partial charge in [-0.25, -0.2) is 24.1 Å². The van der Waals surface area contributed by atoms with Gasteiger partial charge in [0, 0.05) is 30.3 Å². The number of aromatic nitrogens is 3. The summed E-state index contributed by atoms with van der Waals surface area (Å²) in [5.74, 6) is 1.01. The van der Waals surface area contributed by atoms with Crippen molar-refractivity contribution >= 4 is 40.2 Å². The Labute approximate surface area is 189 Å². The molecular formula is C21H23N5O3S2. The van der Waals surface area contributed by atoms with E-state index >= 15 is 0 Å². The first-order chi connectivity index (χ1) is 15.0. The quantitative estimate of drug-likeness (QED) is 0.401. The third-order valence-corrected chi connectivity index (χ3v) is 6.35. The minimum atomic E-state index is -0.380. The van der Waals surface area contributed by atoms with E-state index in [1.807, 2.05) is 11.9 Å². The Kier molecular flexibility index (Phi) is 6.69. The van der Waals surface area contributed by atoms with Gasteiger partial charge in [0.1, 0.15) is 17.9 Å². The number of carbonyl (C=O) groups is 1. The van der Waals surface area contributed by atoms with Gasteiger partial charge in [-0.05, 0) is 24.3 Å². The molecule has 0 unspecified atom stereocenters. The number of thiazole rings is 1. The van der Waals surface area contributed by atoms with Crippen LogP contribution in [-0.2, 0) is 17.7 Å². The molecule has 1 N–H and O–H groups in total. The lowest BCUT2D eigenvalue weighted by Gasteiger charge is -2.29. The minimum absolute atomic E-state index is 0.380. The number of hydrogen-bond acceptors (Lipinski definition) is 10. The van der Waals surface area contributed by atoms with Gasteiger partial charge in [-0.3, -0.25) is 0 Å². The second-order valence-electron chi connectivity index (χ2n) is 7.14. The summed E-state index contributed by atoms with van der Waals surface area (Å²) in [6.07, 6.45) is 4.16. The highest BCUT2D eigenvalue weighted by atomic mass is 32.2. The zero-order chi connectivity index (χ0) is 21.8. The number of methoxy groups -OCH3 is 1. The van der Waals surface area contributed by atoms with E-state index in [4.69, 9.17) is 9.47 Å². The number of esters is 1. The van der Waals surface area contributed by atoms with E-state index in [0.717, 1.165) is 36.6 Å². The zero-order valence-corrected chi connectivity index (χ0v) is 19.1. The molecule has 0 radical (unpaired) electrons. The van der Waals surface area contributed by atoms with E-state index in [2.05, 4.69) is 38.4 Å². The topological polar surface area (TPSA) is 89.5 Å². The fraction of sp³-hybridized carbons (Fsp3) is 0.333. The fourth-order valence-electron chi connectivity index (χ4n) is 3.17. The Morgan fingerprint density at radius 3 is 2.77 bits per heavy atom. The van der Waals surface area contributed by atoms with Crippen molar-refractivity contribution in [3.05, 3.63) is 53.6 Å². The van der Waals surface area contributed by atoms with E-state index in [0.29, 0.717) is 26.8 Å². The summed E-state index contributed by atoms with van der Waals surface area (Å²) < 4.78 is 12.9. The first-order valence-corrected chi connectivity index (χ1v) is 11.5. The molecule has 4 rings (SSSR count). The van der Waals surface area contributed by atoms with Crippen LogP contribution in [0, 0.1) is 0 Å². The number of benzene rings is 1. The monoisotopic (exact) mass is 457 g/mol. The normalized spacial score (nSPS) is 13.7. The smallest absolute Gasteiger partial charge is 0.337 e. The Balaban J connectivity index is 1.44. The van der Waals surface area contributed by atoms with E-state index in [1.165, 1.54) is 18.4 Å². The van der Waals surface area contributed by atoms with Crippen LogP contribution in [0.3, 0.4) is 0 Å². The van der Waals surface area contributed by atoms with Crippen LogP contribution in [0.25, 0.3) is 0 Å². The fourth-order valence-corrected chi connectivity index (χ4v) is 4.85. The number of fused-ring (bicyclic) bond motifs is 1. The molecule has 0 fully saturated rings. The van der Waals surface area contributed by atoms with Crippen LogP contribution >= 0.6 is 23.3 Å². The number of nitrogens with zero attached hydrogens (tertiary/aromatic N) is 4. The van der Waals surface area contributed by atoms with Gasteiger partial charge in [-0.15, -0.1) is 0 Å². The Morgan fingerprint density at radius 2 is 2.03 bits per heavy atom. The highest BCUT2D eigenvalue weighted by Gasteiger charge is 2.22. The Morgan fingerprint density at radius 1 is 1.23 bits per heavy atom. The standard InChI is InChI=1S/C21H23N5O3S2/c1-13(2)31-26-9-8-17-16(11-26)19(24-12-23-17)25-21-22-10-18(30-21)29-15-6-4-14(5-7-15)20(27)28-3/h4-7,10,12-13H,8-9,11H2,1-3H3,(H,22,23,24,25). The molecule has 162 valence electrons. The molecule has 2 aromatic heterocycles. The van der Waals surface area contributed by atoms with Gasteiger partial charge >= 0.3 is 5.97 Å². The number of rotatable bonds is 7. The molecule has 0 saturated carbocycles. The lowest BCUT2D eigenvalue weighted by atomic mass is 10.1. The summed E-state index contributed by atoms with van der Waals surface area (Å²) in [5, 5.41) is 5.18. The van der Waals surface area contributed by atoms with Crippen molar-refractivity contribution in [1.29, 1.82) is 0 Å². The number of anilines is 2. The second kappa shape index (κ2) is 9.63. The highest BCUT2D eigenvalue weighted by Crippen LogP contribution is 2.34. The summed E-state index contributed by atoms with van der Waals surface area (Å²) in [6.45, 7) is 6.17. The molecule has 1 aliphatic rings. The Hall–Kier alpha value is -2.69. The first-order valence-electron chi connectivity index (χ1n) is 9.85. The van der Waals surface area contributed by atoms with Crippen molar-refractivity contribution in [2.75, 3.05) is 19.0 Å². The van der Waals surface area contributed by atoms with Crippen LogP contribution in [0.15, 0.2) is 36.8 Å². The molecule has 0 saturated heterocycles. The largest absolute Gasteiger partial charge is 0.465 e. The van der Waals surface area contributed by atoms with E-state index < -0.39 is 0 Å². The summed E-state index contributed by atoms with van der Waals surface area (Å²) in [7, 11) is 1.36. The molecule has 8 nitrogen and oxygen atoms in total. The molecule has 1 aliphatic heterocycles. The van der Waals surface area contributed by atoms with Gasteiger partial charge in [0.2, 0.25) is 5.06 Å². The predicted octanol–water partition coefficient (Wildman–Crippen LogP) is 4.67. The van der Waals surface area contributed by atoms with Gasteiger partial charge in [-0.2, -0.15) is 0 Å². The minimum Gasteiger partial charge on any atom is -0.465 e. The van der Waals surface area contributed by atoms with E-state index in [-0.39, 0.29) is 5.97 Å². The molecular weight excluding hydrogens is 434 g/mol. The molecule has 1 aromatic carbocycles. The third-order valence-electron chi connectivity index (χ3n) is 4.53. The van der Waals surface area contributed by atoms with Crippen molar-refractivity contribution in [1.82, 2.24) is 19.3 Å². The zero-order valence-electron chi connectivity index (χ0n) is 17.5. The van der Waals surface area contributed by atoms with Crippen molar-refractivity contribution in [3.63, 3.8) is 0 Å². The number of carbonyl (C=O) groups excluding carboxylic acids is 1. The van der Waals surface area contributed by atoms with Crippen molar-refractivity contribution in [3.8, 4) is 10.8 Å². The third kappa shape index (κ3) is 5.33. The summed E-state index contributed by atoms with van der Waals surface area (Å²) in [5.41, 5.74) is 2.66. The summed E-state index contributed by atoms with van der Waals surface area (Å²) in [6, 6.07) is 6.77. The lowest BCUT2D eigenvalue weighted by Crippen LogP contribution is -2.28. The lowest BCUT2D eigenvalue weighted by molar-refractivity contribution is 0.0600. The maximum atomic E-state index is 11.5. The molecule has 3 heterocycles. The predicted molar refractivity (Wildman–Crippen MR) is 122 cm³/mol. The number of nitrogens with one attached hydrogen (secondary N) is 1. The molecule has 3 aromatic rings. The molecule has 31 heavy (non-hydrogen) atoms. The van der Waals surface area contributed by atoms with Crippen LogP contribution in [0.2, 0.25) is 0 Å². The first kappa shape index (κ1) is 21.5. The van der Waals surface area contributed by atoms with Crippen LogP contribution in [0.1, 0.15) is 35.5 Å². The maximum Gasteiger partial charge on any atom is 0.337 e. The maximum absolute atomic E-state index is 11.5. The van der Waals surface area contributed by atoms with Crippen molar-refractivity contribution < 1.29 is 14.3 Å². The van der Waals surface area contributed by atoms with Gasteiger partial charge in [0.05, 0.1) is 24.6 Å². The van der Waals surface area contributed by atoms with Crippen LogP contribution < -0.4 is 10.1 Å². The van der Waals surface area contributed by atoms with Crippen LogP contribution in [0.4, 0.5) is 10.9 Å². The Bertz CT molecular complexity index is 1060. The molecule has 0 bridgehead atoms. The van der Waals surface area contributed by atoms with Gasteiger partial charge < -0.3 is 14.8 Å². The van der Waals surface area contributed by atoms with Crippen molar-refractivity contribution in [2.45, 2.75) is 32.1 Å². The average Bonchev–Trinajstić information content (AvgIpc) is 3.20. The highest BCUT2D eigenvalue weighted by molar-refractivity contribution is 7.97.